The minimum atomic E-state index is -0.492. The van der Waals surface area contributed by atoms with Gasteiger partial charge in [-0.3, -0.25) is 4.99 Å². The van der Waals surface area contributed by atoms with Crippen LogP contribution in [0.15, 0.2) is 46.6 Å². The highest BCUT2D eigenvalue weighted by Crippen LogP contribution is 2.21. The molecule has 1 aromatic carbocycles. The molecule has 29 heavy (non-hydrogen) atoms. The summed E-state index contributed by atoms with van der Waals surface area (Å²) >= 11 is 5.85. The average Bonchev–Trinajstić information content (AvgIpc) is 2.71. The van der Waals surface area contributed by atoms with E-state index < -0.39 is 4.92 Å². The largest absolute Gasteiger partial charge is 0.430 e. The Bertz CT molecular complexity index is 942. The van der Waals surface area contributed by atoms with Crippen LogP contribution in [0.2, 0.25) is 5.15 Å². The lowest BCUT2D eigenvalue weighted by molar-refractivity contribution is -0.346. The number of halogens is 1. The lowest BCUT2D eigenvalue weighted by Gasteiger charge is -2.27. The molecular formula is C20H23ClN6O2. The number of hydrogen-bond donors (Lipinski definition) is 1. The maximum absolute atomic E-state index is 11.8. The summed E-state index contributed by atoms with van der Waals surface area (Å²) in [6.07, 6.45) is 3.28. The Morgan fingerprint density at radius 1 is 1.38 bits per heavy atom. The first-order valence-corrected chi connectivity index (χ1v) is 9.84. The van der Waals surface area contributed by atoms with Gasteiger partial charge < -0.3 is 15.0 Å². The van der Waals surface area contributed by atoms with Crippen LogP contribution in [0.25, 0.3) is 0 Å². The molecule has 8 nitrogen and oxygen atoms in total. The molecule has 0 amide bonds. The number of aryl methyl sites for hydroxylation is 2. The third kappa shape index (κ3) is 5.08. The number of hydrogen-bond acceptors (Lipinski definition) is 7. The molecule has 2 heterocycles. The third-order valence-corrected chi connectivity index (χ3v) is 4.92. The van der Waals surface area contributed by atoms with Crippen LogP contribution in [0.1, 0.15) is 30.0 Å². The van der Waals surface area contributed by atoms with Gasteiger partial charge in [0.1, 0.15) is 5.15 Å². The average molecular weight is 415 g/mol. The molecule has 0 unspecified atom stereocenters. The summed E-state index contributed by atoms with van der Waals surface area (Å²) in [6, 6.07) is 9.44. The van der Waals surface area contributed by atoms with Gasteiger partial charge in [-0.05, 0) is 47.4 Å². The van der Waals surface area contributed by atoms with Gasteiger partial charge in [0.25, 0.3) is 0 Å². The molecule has 0 fully saturated rings. The SMILES string of the molecule is CCc1cccc(C)c1NN=C(C1=NCCCN1Cc1ccc(Cl)nc1)[N+](=O)[O-]. The van der Waals surface area contributed by atoms with Crippen molar-refractivity contribution in [3.63, 3.8) is 0 Å². The fourth-order valence-electron chi connectivity index (χ4n) is 3.20. The Morgan fingerprint density at radius 3 is 2.90 bits per heavy atom. The van der Waals surface area contributed by atoms with Crippen LogP contribution >= 0.6 is 11.6 Å². The fraction of sp³-hybridized carbons (Fsp3) is 0.350. The molecule has 0 saturated carbocycles. The van der Waals surface area contributed by atoms with E-state index in [2.05, 4.69) is 20.5 Å². The summed E-state index contributed by atoms with van der Waals surface area (Å²) in [5, 5.41) is 16.4. The maximum Gasteiger partial charge on any atom is 0.430 e. The fourth-order valence-corrected chi connectivity index (χ4v) is 3.32. The van der Waals surface area contributed by atoms with Gasteiger partial charge in [0.2, 0.25) is 5.84 Å². The predicted molar refractivity (Wildman–Crippen MR) is 115 cm³/mol. The highest BCUT2D eigenvalue weighted by atomic mass is 35.5. The quantitative estimate of drug-likeness (QED) is 0.254. The van der Waals surface area contributed by atoms with Gasteiger partial charge in [-0.25, -0.2) is 4.98 Å². The maximum atomic E-state index is 11.8. The van der Waals surface area contributed by atoms with Gasteiger partial charge in [0, 0.05) is 25.8 Å². The van der Waals surface area contributed by atoms with Crippen molar-refractivity contribution in [1.29, 1.82) is 0 Å². The number of anilines is 1. The first-order valence-electron chi connectivity index (χ1n) is 9.46. The molecular weight excluding hydrogens is 392 g/mol. The number of amidine groups is 2. The number of nitrogens with one attached hydrogen (secondary N) is 1. The predicted octanol–water partition coefficient (Wildman–Crippen LogP) is 3.91. The molecule has 0 atom stereocenters. The van der Waals surface area contributed by atoms with Gasteiger partial charge in [-0.1, -0.05) is 42.8 Å². The van der Waals surface area contributed by atoms with E-state index in [1.807, 2.05) is 43.0 Å². The van der Waals surface area contributed by atoms with Crippen LogP contribution in [0.3, 0.4) is 0 Å². The number of hydrazone groups is 1. The van der Waals surface area contributed by atoms with Crippen LogP contribution in [0, 0.1) is 17.0 Å². The number of rotatable bonds is 6. The van der Waals surface area contributed by atoms with E-state index in [1.165, 1.54) is 0 Å². The highest BCUT2D eigenvalue weighted by molar-refractivity contribution is 6.37. The van der Waals surface area contributed by atoms with E-state index in [9.17, 15) is 10.1 Å². The number of benzene rings is 1. The van der Waals surface area contributed by atoms with E-state index >= 15 is 0 Å². The van der Waals surface area contributed by atoms with E-state index in [-0.39, 0.29) is 11.7 Å². The summed E-state index contributed by atoms with van der Waals surface area (Å²) < 4.78 is 0. The Balaban J connectivity index is 1.88. The van der Waals surface area contributed by atoms with Crippen molar-refractivity contribution in [2.45, 2.75) is 33.2 Å². The van der Waals surface area contributed by atoms with Crippen molar-refractivity contribution in [1.82, 2.24) is 9.88 Å². The van der Waals surface area contributed by atoms with Crippen LogP contribution in [0.5, 0.6) is 0 Å². The second kappa shape index (κ2) is 9.47. The van der Waals surface area contributed by atoms with Gasteiger partial charge in [-0.15, -0.1) is 0 Å². The molecule has 0 saturated heterocycles. The first-order chi connectivity index (χ1) is 14.0. The number of aliphatic imine (C=N–C) groups is 1. The summed E-state index contributed by atoms with van der Waals surface area (Å²) in [5.41, 5.74) is 6.62. The molecule has 0 bridgehead atoms. The smallest absolute Gasteiger partial charge is 0.358 e. The topological polar surface area (TPSA) is 96.0 Å². The Hall–Kier alpha value is -3.00. The lowest BCUT2D eigenvalue weighted by Crippen LogP contribution is -2.43. The molecule has 2 aromatic rings. The van der Waals surface area contributed by atoms with Crippen LogP contribution in [0.4, 0.5) is 5.69 Å². The number of para-hydroxylation sites is 1. The normalized spacial score (nSPS) is 14.5. The van der Waals surface area contributed by atoms with Crippen LogP contribution in [-0.4, -0.2) is 39.6 Å². The minimum Gasteiger partial charge on any atom is -0.358 e. The van der Waals surface area contributed by atoms with Crippen molar-refractivity contribution in [3.8, 4) is 0 Å². The number of pyridine rings is 1. The minimum absolute atomic E-state index is 0.273. The molecule has 0 spiro atoms. The van der Waals surface area contributed by atoms with E-state index in [0.29, 0.717) is 24.8 Å². The Kier molecular flexibility index (Phi) is 6.77. The second-order valence-corrected chi connectivity index (χ2v) is 7.12. The van der Waals surface area contributed by atoms with Crippen molar-refractivity contribution in [2.24, 2.45) is 10.1 Å². The molecule has 152 valence electrons. The Morgan fingerprint density at radius 2 is 2.21 bits per heavy atom. The van der Waals surface area contributed by atoms with Crippen LogP contribution in [-0.2, 0) is 13.0 Å². The van der Waals surface area contributed by atoms with E-state index in [1.54, 1.807) is 12.3 Å². The van der Waals surface area contributed by atoms with Crippen molar-refractivity contribution < 1.29 is 4.92 Å². The summed E-state index contributed by atoms with van der Waals surface area (Å²) in [5.74, 6) is -0.0211. The van der Waals surface area contributed by atoms with Gasteiger partial charge >= 0.3 is 5.84 Å². The summed E-state index contributed by atoms with van der Waals surface area (Å²) in [6.45, 7) is 5.60. The number of nitro groups is 1. The monoisotopic (exact) mass is 414 g/mol. The molecule has 3 rings (SSSR count). The Labute approximate surface area is 174 Å². The molecule has 1 aliphatic heterocycles. The highest BCUT2D eigenvalue weighted by Gasteiger charge is 2.30. The number of nitrogens with zero attached hydrogens (tertiary/aromatic N) is 5. The second-order valence-electron chi connectivity index (χ2n) is 6.74. The van der Waals surface area contributed by atoms with Crippen molar-refractivity contribution in [3.05, 3.63) is 68.5 Å². The van der Waals surface area contributed by atoms with E-state index in [4.69, 9.17) is 11.6 Å². The molecule has 1 aromatic heterocycles. The molecule has 1 N–H and O–H groups in total. The van der Waals surface area contributed by atoms with Gasteiger partial charge in [-0.2, -0.15) is 5.43 Å². The zero-order valence-electron chi connectivity index (χ0n) is 16.4. The molecule has 9 heteroatoms. The standard InChI is InChI=1S/C20H23ClN6O2/c1-3-16-7-4-6-14(2)18(16)24-25-20(27(28)29)19-22-10-5-11-26(19)13-15-8-9-17(21)23-12-15/h4,6-9,12,24H,3,5,10-11,13H2,1-2H3. The van der Waals surface area contributed by atoms with E-state index in [0.717, 1.165) is 35.2 Å². The zero-order chi connectivity index (χ0) is 20.8. The first kappa shape index (κ1) is 20.7. The summed E-state index contributed by atoms with van der Waals surface area (Å²) in [7, 11) is 0. The van der Waals surface area contributed by atoms with Crippen molar-refractivity contribution >= 4 is 29.0 Å². The molecule has 1 aliphatic rings. The lowest BCUT2D eigenvalue weighted by atomic mass is 10.1. The van der Waals surface area contributed by atoms with Gasteiger partial charge in [0.05, 0.1) is 10.8 Å². The zero-order valence-corrected chi connectivity index (χ0v) is 17.2. The molecule has 0 radical (unpaired) electrons. The third-order valence-electron chi connectivity index (χ3n) is 4.70. The van der Waals surface area contributed by atoms with Crippen molar-refractivity contribution in [2.75, 3.05) is 18.5 Å². The molecule has 0 aliphatic carbocycles. The number of aromatic nitrogens is 1. The van der Waals surface area contributed by atoms with Gasteiger partial charge in [0.15, 0.2) is 0 Å². The summed E-state index contributed by atoms with van der Waals surface area (Å²) in [4.78, 5) is 21.6. The van der Waals surface area contributed by atoms with Crippen LogP contribution < -0.4 is 5.43 Å².